The number of carbonyl (C=O) groups excluding carboxylic acids is 1. The lowest BCUT2D eigenvalue weighted by Crippen LogP contribution is -2.54. The van der Waals surface area contributed by atoms with Crippen LogP contribution in [-0.4, -0.2) is 54.4 Å². The van der Waals surface area contributed by atoms with E-state index in [1.165, 1.54) is 0 Å². The highest BCUT2D eigenvalue weighted by Gasteiger charge is 2.39. The van der Waals surface area contributed by atoms with Crippen molar-refractivity contribution in [3.05, 3.63) is 0 Å². The molecule has 108 valence electrons. The molecule has 6 heteroatoms. The predicted octanol–water partition coefficient (Wildman–Crippen LogP) is 1.06. The van der Waals surface area contributed by atoms with Crippen LogP contribution < -0.4 is 5.32 Å². The molecule has 19 heavy (non-hydrogen) atoms. The molecule has 2 heterocycles. The van der Waals surface area contributed by atoms with E-state index < -0.39 is 11.4 Å². The van der Waals surface area contributed by atoms with Gasteiger partial charge in [0.1, 0.15) is 0 Å². The summed E-state index contributed by atoms with van der Waals surface area (Å²) in [6.07, 6.45) is 3.24. The van der Waals surface area contributed by atoms with Crippen LogP contribution in [0.3, 0.4) is 0 Å². The second-order valence-electron chi connectivity index (χ2n) is 5.75. The van der Waals surface area contributed by atoms with Gasteiger partial charge >= 0.3 is 12.0 Å². The molecule has 0 radical (unpaired) electrons. The maximum absolute atomic E-state index is 12.1. The smallest absolute Gasteiger partial charge is 0.317 e. The Morgan fingerprint density at radius 3 is 2.84 bits per heavy atom. The third-order valence-corrected chi connectivity index (χ3v) is 3.99. The van der Waals surface area contributed by atoms with E-state index in [2.05, 4.69) is 5.32 Å². The Balaban J connectivity index is 1.89. The highest BCUT2D eigenvalue weighted by atomic mass is 16.5. The van der Waals surface area contributed by atoms with E-state index in [9.17, 15) is 14.7 Å². The van der Waals surface area contributed by atoms with E-state index in [1.54, 1.807) is 11.8 Å². The van der Waals surface area contributed by atoms with Gasteiger partial charge in [-0.15, -0.1) is 0 Å². The molecule has 2 N–H and O–H groups in total. The summed E-state index contributed by atoms with van der Waals surface area (Å²) in [7, 11) is 0. The second-order valence-corrected chi connectivity index (χ2v) is 5.75. The van der Waals surface area contributed by atoms with E-state index in [0.29, 0.717) is 19.6 Å². The molecule has 0 spiro atoms. The van der Waals surface area contributed by atoms with Crippen LogP contribution >= 0.6 is 0 Å². The summed E-state index contributed by atoms with van der Waals surface area (Å²) in [6.45, 7) is 3.92. The van der Waals surface area contributed by atoms with Crippen molar-refractivity contribution in [2.45, 2.75) is 38.6 Å². The van der Waals surface area contributed by atoms with Crippen molar-refractivity contribution in [3.63, 3.8) is 0 Å². The molecule has 0 aromatic heterocycles. The maximum atomic E-state index is 12.1. The number of rotatable bonds is 2. The number of carbonyl (C=O) groups is 2. The largest absolute Gasteiger partial charge is 0.481 e. The fourth-order valence-electron chi connectivity index (χ4n) is 2.71. The van der Waals surface area contributed by atoms with E-state index >= 15 is 0 Å². The summed E-state index contributed by atoms with van der Waals surface area (Å²) >= 11 is 0. The molecule has 2 rings (SSSR count). The minimum atomic E-state index is -0.828. The number of urea groups is 1. The molecule has 0 aromatic rings. The molecular formula is C13H22N2O4. The van der Waals surface area contributed by atoms with Crippen molar-refractivity contribution >= 4 is 12.0 Å². The zero-order chi connectivity index (χ0) is 13.9. The molecule has 2 unspecified atom stereocenters. The Kier molecular flexibility index (Phi) is 4.29. The van der Waals surface area contributed by atoms with Gasteiger partial charge in [-0.1, -0.05) is 0 Å². The number of hydrogen-bond acceptors (Lipinski definition) is 3. The quantitative estimate of drug-likeness (QED) is 0.786. The summed E-state index contributed by atoms with van der Waals surface area (Å²) in [5.41, 5.74) is -0.821. The van der Waals surface area contributed by atoms with Crippen LogP contribution in [0.25, 0.3) is 0 Å². The molecule has 2 amide bonds. The molecular weight excluding hydrogens is 248 g/mol. The number of nitrogens with one attached hydrogen (secondary N) is 1. The molecule has 2 aliphatic rings. The fourth-order valence-corrected chi connectivity index (χ4v) is 2.71. The Morgan fingerprint density at radius 2 is 2.21 bits per heavy atom. The van der Waals surface area contributed by atoms with Gasteiger partial charge in [-0.3, -0.25) is 4.79 Å². The first-order chi connectivity index (χ1) is 9.01. The number of amides is 2. The molecule has 2 atom stereocenters. The summed E-state index contributed by atoms with van der Waals surface area (Å²) in [6, 6.07) is -0.109. The average molecular weight is 270 g/mol. The van der Waals surface area contributed by atoms with Gasteiger partial charge in [0.05, 0.1) is 18.1 Å². The number of ether oxygens (including phenoxy) is 1. The van der Waals surface area contributed by atoms with Crippen molar-refractivity contribution < 1.29 is 19.4 Å². The summed E-state index contributed by atoms with van der Waals surface area (Å²) in [5.74, 6) is -0.828. The van der Waals surface area contributed by atoms with Crippen molar-refractivity contribution in [1.82, 2.24) is 10.2 Å². The first-order valence-corrected chi connectivity index (χ1v) is 6.88. The summed E-state index contributed by atoms with van der Waals surface area (Å²) in [4.78, 5) is 25.0. The predicted molar refractivity (Wildman–Crippen MR) is 68.9 cm³/mol. The molecule has 2 saturated heterocycles. The normalized spacial score (nSPS) is 31.8. The van der Waals surface area contributed by atoms with Crippen LogP contribution in [0.2, 0.25) is 0 Å². The molecule has 0 aromatic carbocycles. The standard InChI is InChI=1S/C13H22N2O4/c1-13(11(16)17)5-3-6-15(9-13)12(18)14-10-4-2-7-19-8-10/h10H,2-9H2,1H3,(H,14,18)(H,16,17). The number of aliphatic carboxylic acids is 1. The van der Waals surface area contributed by atoms with Gasteiger partial charge in [0, 0.05) is 19.7 Å². The van der Waals surface area contributed by atoms with E-state index in [1.807, 2.05) is 0 Å². The van der Waals surface area contributed by atoms with Gasteiger partial charge in [-0.05, 0) is 32.6 Å². The van der Waals surface area contributed by atoms with Gasteiger partial charge in [0.25, 0.3) is 0 Å². The number of carboxylic acids is 1. The zero-order valence-electron chi connectivity index (χ0n) is 11.4. The number of hydrogen-bond donors (Lipinski definition) is 2. The van der Waals surface area contributed by atoms with Crippen LogP contribution in [0.4, 0.5) is 4.79 Å². The minimum absolute atomic E-state index is 0.0549. The van der Waals surface area contributed by atoms with Gasteiger partial charge in [-0.25, -0.2) is 4.79 Å². The van der Waals surface area contributed by atoms with Crippen molar-refractivity contribution in [1.29, 1.82) is 0 Å². The van der Waals surface area contributed by atoms with Crippen LogP contribution in [0.15, 0.2) is 0 Å². The molecule has 0 aliphatic carbocycles. The molecule has 0 bridgehead atoms. The minimum Gasteiger partial charge on any atom is -0.481 e. The SMILES string of the molecule is CC1(C(=O)O)CCCN(C(=O)NC2CCCOC2)C1. The Bertz CT molecular complexity index is 355. The van der Waals surface area contributed by atoms with Gasteiger partial charge < -0.3 is 20.1 Å². The Morgan fingerprint density at radius 1 is 1.42 bits per heavy atom. The lowest BCUT2D eigenvalue weighted by molar-refractivity contribution is -0.150. The molecule has 2 aliphatic heterocycles. The topological polar surface area (TPSA) is 78.9 Å². The Labute approximate surface area is 113 Å². The van der Waals surface area contributed by atoms with Gasteiger partial charge in [0.2, 0.25) is 0 Å². The average Bonchev–Trinajstić information content (AvgIpc) is 2.40. The summed E-state index contributed by atoms with van der Waals surface area (Å²) in [5, 5.41) is 12.2. The number of piperidine rings is 1. The molecule has 2 fully saturated rings. The third-order valence-electron chi connectivity index (χ3n) is 3.99. The van der Waals surface area contributed by atoms with Crippen molar-refractivity contribution in [3.8, 4) is 0 Å². The van der Waals surface area contributed by atoms with E-state index in [-0.39, 0.29) is 18.6 Å². The maximum Gasteiger partial charge on any atom is 0.317 e. The lowest BCUT2D eigenvalue weighted by Gasteiger charge is -2.38. The van der Waals surface area contributed by atoms with E-state index in [0.717, 1.165) is 25.9 Å². The number of carboxylic acid groups (broad SMARTS) is 1. The summed E-state index contributed by atoms with van der Waals surface area (Å²) < 4.78 is 5.32. The first-order valence-electron chi connectivity index (χ1n) is 6.88. The van der Waals surface area contributed by atoms with E-state index in [4.69, 9.17) is 4.74 Å². The monoisotopic (exact) mass is 270 g/mol. The molecule has 0 saturated carbocycles. The second kappa shape index (κ2) is 5.77. The van der Waals surface area contributed by atoms with Crippen LogP contribution in [0, 0.1) is 5.41 Å². The highest BCUT2D eigenvalue weighted by molar-refractivity contribution is 5.78. The lowest BCUT2D eigenvalue weighted by atomic mass is 9.82. The number of likely N-dealkylation sites (tertiary alicyclic amines) is 1. The number of nitrogens with zero attached hydrogens (tertiary/aromatic N) is 1. The first kappa shape index (κ1) is 14.1. The van der Waals surface area contributed by atoms with Crippen LogP contribution in [0.5, 0.6) is 0 Å². The Hall–Kier alpha value is -1.30. The van der Waals surface area contributed by atoms with Gasteiger partial charge in [0.15, 0.2) is 0 Å². The molecule has 6 nitrogen and oxygen atoms in total. The zero-order valence-corrected chi connectivity index (χ0v) is 11.4. The van der Waals surface area contributed by atoms with Crippen LogP contribution in [-0.2, 0) is 9.53 Å². The van der Waals surface area contributed by atoms with Crippen molar-refractivity contribution in [2.24, 2.45) is 5.41 Å². The third kappa shape index (κ3) is 3.37. The van der Waals surface area contributed by atoms with Crippen LogP contribution in [0.1, 0.15) is 32.6 Å². The van der Waals surface area contributed by atoms with Crippen molar-refractivity contribution in [2.75, 3.05) is 26.3 Å². The van der Waals surface area contributed by atoms with Gasteiger partial charge in [-0.2, -0.15) is 0 Å². The highest BCUT2D eigenvalue weighted by Crippen LogP contribution is 2.29. The fraction of sp³-hybridized carbons (Fsp3) is 0.846.